The van der Waals surface area contributed by atoms with Gasteiger partial charge in [0.15, 0.2) is 0 Å². The summed E-state index contributed by atoms with van der Waals surface area (Å²) < 4.78 is 0. The van der Waals surface area contributed by atoms with Crippen molar-refractivity contribution in [2.75, 3.05) is 6.54 Å². The maximum Gasteiger partial charge on any atom is 0.0347 e. The fourth-order valence-corrected chi connectivity index (χ4v) is 1.79. The van der Waals surface area contributed by atoms with Crippen LogP contribution < -0.4 is 5.32 Å². The summed E-state index contributed by atoms with van der Waals surface area (Å²) in [6, 6.07) is 0. The molecule has 0 saturated carbocycles. The average molecular weight is 243 g/mol. The Balaban J connectivity index is 2.52. The van der Waals surface area contributed by atoms with E-state index in [1.54, 1.807) is 0 Å². The second-order valence-corrected chi connectivity index (χ2v) is 5.25. The summed E-state index contributed by atoms with van der Waals surface area (Å²) in [6.07, 6.45) is 11.9. The van der Waals surface area contributed by atoms with Crippen LogP contribution in [-0.4, -0.2) is 6.54 Å². The van der Waals surface area contributed by atoms with Gasteiger partial charge in [-0.2, -0.15) is 0 Å². The molecule has 0 spiro atoms. The van der Waals surface area contributed by atoms with Crippen LogP contribution in [0.15, 0.2) is 60.4 Å². The monoisotopic (exact) mass is 243 g/mol. The molecule has 1 rings (SSSR count). The van der Waals surface area contributed by atoms with Gasteiger partial charge in [0.25, 0.3) is 0 Å². The largest absolute Gasteiger partial charge is 0.388 e. The molecule has 1 aliphatic carbocycles. The molecular weight excluding hydrogens is 218 g/mol. The van der Waals surface area contributed by atoms with Gasteiger partial charge in [-0.25, -0.2) is 0 Å². The lowest BCUT2D eigenvalue weighted by Crippen LogP contribution is -2.18. The molecule has 0 aliphatic heterocycles. The Morgan fingerprint density at radius 3 is 2.67 bits per heavy atom. The lowest BCUT2D eigenvalue weighted by molar-refractivity contribution is 0.725. The summed E-state index contributed by atoms with van der Waals surface area (Å²) in [5, 5.41) is 3.37. The number of allylic oxidation sites excluding steroid dienone is 5. The van der Waals surface area contributed by atoms with Crippen molar-refractivity contribution in [1.82, 2.24) is 5.32 Å². The first-order valence-corrected chi connectivity index (χ1v) is 6.64. The van der Waals surface area contributed by atoms with Crippen LogP contribution >= 0.6 is 0 Å². The van der Waals surface area contributed by atoms with Gasteiger partial charge in [0.05, 0.1) is 0 Å². The van der Waals surface area contributed by atoms with Gasteiger partial charge in [0, 0.05) is 18.2 Å². The summed E-state index contributed by atoms with van der Waals surface area (Å²) >= 11 is 0. The molecule has 0 bridgehead atoms. The molecule has 1 aliphatic rings. The van der Waals surface area contributed by atoms with Crippen LogP contribution in [0.3, 0.4) is 0 Å². The molecule has 0 amide bonds. The van der Waals surface area contributed by atoms with E-state index in [1.807, 2.05) is 0 Å². The zero-order chi connectivity index (χ0) is 13.5. The molecule has 1 nitrogen and oxygen atoms in total. The van der Waals surface area contributed by atoms with Crippen molar-refractivity contribution in [1.29, 1.82) is 0 Å². The summed E-state index contributed by atoms with van der Waals surface area (Å²) in [5.41, 5.74) is 3.62. The minimum absolute atomic E-state index is 0.280. The smallest absolute Gasteiger partial charge is 0.0347 e. The van der Waals surface area contributed by atoms with Crippen LogP contribution in [0.2, 0.25) is 0 Å². The van der Waals surface area contributed by atoms with Gasteiger partial charge in [-0.3, -0.25) is 0 Å². The Labute approximate surface area is 112 Å². The molecule has 1 unspecified atom stereocenters. The van der Waals surface area contributed by atoms with E-state index in [2.05, 4.69) is 69.6 Å². The molecule has 0 fully saturated rings. The van der Waals surface area contributed by atoms with Gasteiger partial charge < -0.3 is 5.32 Å². The molecule has 1 N–H and O–H groups in total. The second-order valence-electron chi connectivity index (χ2n) is 5.25. The summed E-state index contributed by atoms with van der Waals surface area (Å²) in [7, 11) is 0. The van der Waals surface area contributed by atoms with Gasteiger partial charge in [-0.1, -0.05) is 56.4 Å². The van der Waals surface area contributed by atoms with E-state index in [1.165, 1.54) is 11.1 Å². The van der Waals surface area contributed by atoms with Crippen molar-refractivity contribution in [2.24, 2.45) is 11.8 Å². The van der Waals surface area contributed by atoms with Crippen LogP contribution in [0.5, 0.6) is 0 Å². The summed E-state index contributed by atoms with van der Waals surface area (Å²) in [5.74, 6) is 0.844. The minimum Gasteiger partial charge on any atom is -0.388 e. The van der Waals surface area contributed by atoms with Gasteiger partial charge >= 0.3 is 0 Å². The Morgan fingerprint density at radius 1 is 1.33 bits per heavy atom. The zero-order valence-corrected chi connectivity index (χ0v) is 11.9. The number of nitrogens with one attached hydrogen (secondary N) is 1. The lowest BCUT2D eigenvalue weighted by atomic mass is 10.0. The SMILES string of the molecule is C=C(C)CCNC(=C)C1C=CC=C(C(C)C)C=C1. The highest BCUT2D eigenvalue weighted by molar-refractivity contribution is 5.33. The van der Waals surface area contributed by atoms with E-state index >= 15 is 0 Å². The van der Waals surface area contributed by atoms with Gasteiger partial charge in [-0.05, 0) is 24.8 Å². The quantitative estimate of drug-likeness (QED) is 0.683. The molecule has 1 atom stereocenters. The van der Waals surface area contributed by atoms with E-state index in [9.17, 15) is 0 Å². The molecule has 1 heteroatoms. The third kappa shape index (κ3) is 4.79. The van der Waals surface area contributed by atoms with Crippen molar-refractivity contribution in [3.05, 3.63) is 60.4 Å². The Bertz CT molecular complexity index is 394. The van der Waals surface area contributed by atoms with E-state index in [4.69, 9.17) is 0 Å². The van der Waals surface area contributed by atoms with Crippen molar-refractivity contribution in [3.8, 4) is 0 Å². The fourth-order valence-electron chi connectivity index (χ4n) is 1.79. The Morgan fingerprint density at radius 2 is 2.06 bits per heavy atom. The van der Waals surface area contributed by atoms with Crippen LogP contribution in [0.25, 0.3) is 0 Å². The van der Waals surface area contributed by atoms with Gasteiger partial charge in [0.1, 0.15) is 0 Å². The predicted octanol–water partition coefficient (Wildman–Crippen LogP) is 4.38. The standard InChI is InChI=1S/C17H25N/c1-13(2)11-12-18-15(5)17-8-6-7-16(9-10-17)14(3)4/h6-10,14,17-18H,1,5,11-12H2,2-4H3. The number of hydrogen-bond acceptors (Lipinski definition) is 1. The molecule has 18 heavy (non-hydrogen) atoms. The van der Waals surface area contributed by atoms with E-state index in [-0.39, 0.29) is 5.92 Å². The van der Waals surface area contributed by atoms with Crippen LogP contribution in [-0.2, 0) is 0 Å². The first kappa shape index (κ1) is 14.6. The highest BCUT2D eigenvalue weighted by Gasteiger charge is 2.08. The first-order chi connectivity index (χ1) is 8.50. The highest BCUT2D eigenvalue weighted by atomic mass is 14.9. The molecule has 0 aromatic carbocycles. The molecule has 0 saturated heterocycles. The highest BCUT2D eigenvalue weighted by Crippen LogP contribution is 2.19. The van der Waals surface area contributed by atoms with Crippen LogP contribution in [0, 0.1) is 11.8 Å². The molecular formula is C17H25N. The Kier molecular flexibility index (Phi) is 5.70. The topological polar surface area (TPSA) is 12.0 Å². The second kappa shape index (κ2) is 7.05. The average Bonchev–Trinajstić information content (AvgIpc) is 2.53. The van der Waals surface area contributed by atoms with Crippen LogP contribution in [0.4, 0.5) is 0 Å². The van der Waals surface area contributed by atoms with E-state index in [0.717, 1.165) is 18.7 Å². The van der Waals surface area contributed by atoms with E-state index < -0.39 is 0 Å². The van der Waals surface area contributed by atoms with Crippen LogP contribution in [0.1, 0.15) is 27.2 Å². The van der Waals surface area contributed by atoms with Gasteiger partial charge in [0.2, 0.25) is 0 Å². The minimum atomic E-state index is 0.280. The summed E-state index contributed by atoms with van der Waals surface area (Å²) in [4.78, 5) is 0. The maximum absolute atomic E-state index is 4.12. The molecule has 0 aromatic rings. The zero-order valence-electron chi connectivity index (χ0n) is 11.9. The van der Waals surface area contributed by atoms with Crippen molar-refractivity contribution >= 4 is 0 Å². The number of hydrogen-bond donors (Lipinski definition) is 1. The predicted molar refractivity (Wildman–Crippen MR) is 81.3 cm³/mol. The van der Waals surface area contributed by atoms with Crippen molar-refractivity contribution < 1.29 is 0 Å². The Hall–Kier alpha value is -1.50. The maximum atomic E-state index is 4.12. The first-order valence-electron chi connectivity index (χ1n) is 6.64. The lowest BCUT2D eigenvalue weighted by Gasteiger charge is -2.14. The fraction of sp³-hybridized carbons (Fsp3) is 0.412. The molecule has 0 radical (unpaired) electrons. The molecule has 0 heterocycles. The van der Waals surface area contributed by atoms with Crippen molar-refractivity contribution in [3.63, 3.8) is 0 Å². The third-order valence-corrected chi connectivity index (χ3v) is 3.08. The normalized spacial score (nSPS) is 18.4. The van der Waals surface area contributed by atoms with Gasteiger partial charge in [-0.15, -0.1) is 6.58 Å². The molecule has 0 aromatic heterocycles. The number of rotatable bonds is 6. The van der Waals surface area contributed by atoms with E-state index in [0.29, 0.717) is 5.92 Å². The molecule has 98 valence electrons. The van der Waals surface area contributed by atoms with Crippen molar-refractivity contribution in [2.45, 2.75) is 27.2 Å². The third-order valence-electron chi connectivity index (χ3n) is 3.08. The summed E-state index contributed by atoms with van der Waals surface area (Å²) in [6.45, 7) is 15.4.